The normalized spacial score (nSPS) is 30.2. The number of nitrogens with one attached hydrogen (secondary N) is 1. The smallest absolute Gasteiger partial charge is 0.338 e. The van der Waals surface area contributed by atoms with Gasteiger partial charge in [-0.15, -0.1) is 0 Å². The maximum Gasteiger partial charge on any atom is 0.338 e. The molecule has 0 bridgehead atoms. The molecule has 1 fully saturated rings. The Kier molecular flexibility index (Phi) is 5.55. The van der Waals surface area contributed by atoms with Gasteiger partial charge in [-0.25, -0.2) is 4.79 Å². The minimum absolute atomic E-state index is 0.271. The molecule has 1 aliphatic rings. The first kappa shape index (κ1) is 17.6. The Bertz CT molecular complexity index is 535. The number of benzene rings is 1. The number of aliphatic hydroxyl groups is 4. The van der Waals surface area contributed by atoms with Crippen LogP contribution in [0, 0.1) is 0 Å². The summed E-state index contributed by atoms with van der Waals surface area (Å²) in [7, 11) is 0. The molecule has 1 aromatic carbocycles. The molecule has 0 spiro atoms. The van der Waals surface area contributed by atoms with Crippen molar-refractivity contribution in [1.82, 2.24) is 0 Å². The molecule has 1 saturated heterocycles. The Hall–Kier alpha value is -1.71. The fraction of sp³-hybridized carbons (Fsp3) is 0.533. The number of aliphatic hydroxyl groups excluding tert-OH is 4. The molecule has 1 aliphatic heterocycles. The molecule has 0 aliphatic carbocycles. The van der Waals surface area contributed by atoms with Crippen LogP contribution in [-0.2, 0) is 9.47 Å². The van der Waals surface area contributed by atoms with Gasteiger partial charge < -0.3 is 35.2 Å². The van der Waals surface area contributed by atoms with Crippen LogP contribution in [0.3, 0.4) is 0 Å². The van der Waals surface area contributed by atoms with Crippen molar-refractivity contribution in [2.75, 3.05) is 25.1 Å². The molecule has 1 heterocycles. The molecule has 128 valence electrons. The monoisotopic (exact) mass is 327 g/mol. The van der Waals surface area contributed by atoms with Crippen LogP contribution in [-0.4, -0.2) is 70.3 Å². The quantitative estimate of drug-likeness (QED) is 0.424. The van der Waals surface area contributed by atoms with E-state index in [-0.39, 0.29) is 6.61 Å². The van der Waals surface area contributed by atoms with Gasteiger partial charge >= 0.3 is 5.97 Å². The third-order valence-electron chi connectivity index (χ3n) is 3.71. The summed E-state index contributed by atoms with van der Waals surface area (Å²) in [6, 6.07) is 6.15. The van der Waals surface area contributed by atoms with E-state index in [1.807, 2.05) is 0 Å². The van der Waals surface area contributed by atoms with Crippen molar-refractivity contribution in [3.63, 3.8) is 0 Å². The van der Waals surface area contributed by atoms with E-state index in [0.717, 1.165) is 0 Å². The highest BCUT2D eigenvalue weighted by molar-refractivity contribution is 5.89. The largest absolute Gasteiger partial charge is 0.462 e. The summed E-state index contributed by atoms with van der Waals surface area (Å²) in [4.78, 5) is 11.6. The van der Waals surface area contributed by atoms with Crippen molar-refractivity contribution in [2.45, 2.75) is 31.0 Å². The molecule has 2 rings (SSSR count). The van der Waals surface area contributed by atoms with Gasteiger partial charge in [-0.2, -0.15) is 0 Å². The SMILES string of the molecule is CCOC(=O)c1ccc(N[C@]2(CO)O[C@H](CO)[C@H](O)[C@H]2O)cc1. The van der Waals surface area contributed by atoms with E-state index in [4.69, 9.17) is 14.6 Å². The van der Waals surface area contributed by atoms with Gasteiger partial charge in [-0.3, -0.25) is 0 Å². The molecule has 0 amide bonds. The Morgan fingerprint density at radius 3 is 2.43 bits per heavy atom. The highest BCUT2D eigenvalue weighted by Crippen LogP contribution is 2.32. The third-order valence-corrected chi connectivity index (χ3v) is 3.71. The molecule has 1 aromatic rings. The summed E-state index contributed by atoms with van der Waals surface area (Å²) in [6.45, 7) is 0.859. The first-order valence-corrected chi connectivity index (χ1v) is 7.28. The van der Waals surface area contributed by atoms with Crippen LogP contribution in [0.5, 0.6) is 0 Å². The van der Waals surface area contributed by atoms with Crippen molar-refractivity contribution in [3.05, 3.63) is 29.8 Å². The first-order chi connectivity index (χ1) is 11.0. The number of rotatable bonds is 6. The molecule has 5 N–H and O–H groups in total. The van der Waals surface area contributed by atoms with Gasteiger partial charge in [0.25, 0.3) is 0 Å². The number of ether oxygens (including phenoxy) is 2. The molecule has 23 heavy (non-hydrogen) atoms. The average molecular weight is 327 g/mol. The van der Waals surface area contributed by atoms with E-state index in [2.05, 4.69) is 5.32 Å². The Balaban J connectivity index is 2.15. The Morgan fingerprint density at radius 1 is 1.30 bits per heavy atom. The summed E-state index contributed by atoms with van der Waals surface area (Å²) in [6.07, 6.45) is -3.78. The molecule has 8 heteroatoms. The van der Waals surface area contributed by atoms with Crippen LogP contribution >= 0.6 is 0 Å². The average Bonchev–Trinajstić information content (AvgIpc) is 2.81. The van der Waals surface area contributed by atoms with Gasteiger partial charge in [0.15, 0.2) is 5.72 Å². The van der Waals surface area contributed by atoms with Gasteiger partial charge in [0.05, 0.1) is 25.4 Å². The van der Waals surface area contributed by atoms with Crippen molar-refractivity contribution in [3.8, 4) is 0 Å². The number of carbonyl (C=O) groups excluding carboxylic acids is 1. The third kappa shape index (κ3) is 3.46. The molecular formula is C15H21NO7. The number of carbonyl (C=O) groups is 1. The number of anilines is 1. The van der Waals surface area contributed by atoms with Crippen LogP contribution in [0.1, 0.15) is 17.3 Å². The zero-order valence-electron chi connectivity index (χ0n) is 12.7. The van der Waals surface area contributed by atoms with E-state index in [0.29, 0.717) is 11.3 Å². The topological polar surface area (TPSA) is 128 Å². The fourth-order valence-corrected chi connectivity index (χ4v) is 2.46. The van der Waals surface area contributed by atoms with Crippen LogP contribution in [0.15, 0.2) is 24.3 Å². The van der Waals surface area contributed by atoms with Crippen LogP contribution in [0.25, 0.3) is 0 Å². The highest BCUT2D eigenvalue weighted by atomic mass is 16.6. The maximum atomic E-state index is 11.6. The van der Waals surface area contributed by atoms with E-state index in [1.54, 1.807) is 19.1 Å². The number of hydrogen-bond acceptors (Lipinski definition) is 8. The minimum Gasteiger partial charge on any atom is -0.462 e. The van der Waals surface area contributed by atoms with Crippen LogP contribution < -0.4 is 5.32 Å². The molecule has 0 radical (unpaired) electrons. The lowest BCUT2D eigenvalue weighted by Crippen LogP contribution is -2.52. The second kappa shape index (κ2) is 7.24. The van der Waals surface area contributed by atoms with Crippen molar-refractivity contribution in [1.29, 1.82) is 0 Å². The second-order valence-corrected chi connectivity index (χ2v) is 5.24. The second-order valence-electron chi connectivity index (χ2n) is 5.24. The number of esters is 1. The zero-order chi connectivity index (χ0) is 17.0. The summed E-state index contributed by atoms with van der Waals surface area (Å²) in [5.74, 6) is -0.455. The fourth-order valence-electron chi connectivity index (χ4n) is 2.46. The molecule has 0 unspecified atom stereocenters. The van der Waals surface area contributed by atoms with Crippen molar-refractivity contribution < 1.29 is 34.7 Å². The summed E-state index contributed by atoms with van der Waals surface area (Å²) < 4.78 is 10.3. The standard InChI is InChI=1S/C15H21NO7/c1-2-22-14(21)9-3-5-10(6-4-9)16-15(8-18)13(20)12(19)11(7-17)23-15/h3-6,11-13,16-20H,2,7-8H2,1H3/t11-,12+,13-,15-/m1/s1. The molecule has 0 saturated carbocycles. The van der Waals surface area contributed by atoms with E-state index < -0.39 is 43.2 Å². The number of hydrogen-bond donors (Lipinski definition) is 5. The minimum atomic E-state index is -1.64. The van der Waals surface area contributed by atoms with Gasteiger partial charge in [0.2, 0.25) is 0 Å². The van der Waals surface area contributed by atoms with E-state index in [9.17, 15) is 20.1 Å². The zero-order valence-corrected chi connectivity index (χ0v) is 12.7. The summed E-state index contributed by atoms with van der Waals surface area (Å²) in [5, 5.41) is 41.4. The van der Waals surface area contributed by atoms with Crippen molar-refractivity contribution in [2.24, 2.45) is 0 Å². The molecular weight excluding hydrogens is 306 g/mol. The lowest BCUT2D eigenvalue weighted by Gasteiger charge is -2.32. The van der Waals surface area contributed by atoms with Gasteiger partial charge in [0, 0.05) is 5.69 Å². The van der Waals surface area contributed by atoms with Gasteiger partial charge in [-0.05, 0) is 31.2 Å². The van der Waals surface area contributed by atoms with Crippen LogP contribution in [0.2, 0.25) is 0 Å². The lowest BCUT2D eigenvalue weighted by molar-refractivity contribution is -0.0999. The summed E-state index contributed by atoms with van der Waals surface area (Å²) in [5.41, 5.74) is -0.827. The molecule has 0 aromatic heterocycles. The summed E-state index contributed by atoms with van der Waals surface area (Å²) >= 11 is 0. The van der Waals surface area contributed by atoms with Gasteiger partial charge in [-0.1, -0.05) is 0 Å². The Morgan fingerprint density at radius 2 is 1.96 bits per heavy atom. The highest BCUT2D eigenvalue weighted by Gasteiger charge is 2.54. The maximum absolute atomic E-state index is 11.6. The predicted octanol–water partition coefficient (Wildman–Crippen LogP) is -0.923. The Labute approximate surface area is 133 Å². The lowest BCUT2D eigenvalue weighted by atomic mass is 10.0. The predicted molar refractivity (Wildman–Crippen MR) is 79.8 cm³/mol. The van der Waals surface area contributed by atoms with Crippen molar-refractivity contribution >= 4 is 11.7 Å². The van der Waals surface area contributed by atoms with Gasteiger partial charge in [0.1, 0.15) is 18.3 Å². The van der Waals surface area contributed by atoms with Crippen LogP contribution in [0.4, 0.5) is 5.69 Å². The van der Waals surface area contributed by atoms with E-state index >= 15 is 0 Å². The first-order valence-electron chi connectivity index (χ1n) is 7.28. The molecule has 4 atom stereocenters. The van der Waals surface area contributed by atoms with E-state index in [1.165, 1.54) is 12.1 Å². The molecule has 8 nitrogen and oxygen atoms in total.